The van der Waals surface area contributed by atoms with Crippen molar-refractivity contribution < 1.29 is 4.79 Å². The van der Waals surface area contributed by atoms with Gasteiger partial charge >= 0.3 is 0 Å². The highest BCUT2D eigenvalue weighted by molar-refractivity contribution is 5.97. The number of Topliss-reactive ketones (excluding diaryl/α,β-unsaturated/α-hetero) is 1. The summed E-state index contributed by atoms with van der Waals surface area (Å²) in [4.78, 5) is 12.3. The standard InChI is InChI=1S/C16H20N2O/c1-12(2)18-10-9-15(17-18)11-13(3)16(19)14-7-5-4-6-8-14/h4-10,12-13H,11H2,1-3H3. The molecule has 0 saturated carbocycles. The van der Waals surface area contributed by atoms with Crippen LogP contribution in [0.25, 0.3) is 0 Å². The van der Waals surface area contributed by atoms with Crippen LogP contribution >= 0.6 is 0 Å². The minimum absolute atomic E-state index is 0.0436. The molecule has 1 aromatic carbocycles. The Morgan fingerprint density at radius 3 is 2.42 bits per heavy atom. The number of hydrogen-bond donors (Lipinski definition) is 0. The third-order valence-electron chi connectivity index (χ3n) is 3.21. The molecule has 0 bridgehead atoms. The zero-order chi connectivity index (χ0) is 13.8. The Kier molecular flexibility index (Phi) is 4.15. The summed E-state index contributed by atoms with van der Waals surface area (Å²) in [5, 5.41) is 4.49. The fraction of sp³-hybridized carbons (Fsp3) is 0.375. The lowest BCUT2D eigenvalue weighted by atomic mass is 9.95. The van der Waals surface area contributed by atoms with Crippen LogP contribution in [0.5, 0.6) is 0 Å². The Morgan fingerprint density at radius 1 is 1.16 bits per heavy atom. The van der Waals surface area contributed by atoms with E-state index in [0.29, 0.717) is 12.5 Å². The van der Waals surface area contributed by atoms with E-state index in [1.807, 2.05) is 54.2 Å². The average Bonchev–Trinajstić information content (AvgIpc) is 2.87. The second kappa shape index (κ2) is 5.83. The third-order valence-corrected chi connectivity index (χ3v) is 3.21. The highest BCUT2D eigenvalue weighted by Crippen LogP contribution is 2.14. The Labute approximate surface area is 114 Å². The summed E-state index contributed by atoms with van der Waals surface area (Å²) in [6, 6.07) is 11.8. The van der Waals surface area contributed by atoms with Gasteiger partial charge in [0.05, 0.1) is 5.69 Å². The van der Waals surface area contributed by atoms with Gasteiger partial charge in [0, 0.05) is 30.1 Å². The first-order valence-corrected chi connectivity index (χ1v) is 6.71. The van der Waals surface area contributed by atoms with Crippen LogP contribution < -0.4 is 0 Å². The van der Waals surface area contributed by atoms with Gasteiger partial charge in [0.15, 0.2) is 5.78 Å². The quantitative estimate of drug-likeness (QED) is 0.767. The summed E-state index contributed by atoms with van der Waals surface area (Å²) >= 11 is 0. The van der Waals surface area contributed by atoms with E-state index in [1.165, 1.54) is 0 Å². The van der Waals surface area contributed by atoms with Crippen molar-refractivity contribution in [2.75, 3.05) is 0 Å². The molecule has 0 aliphatic carbocycles. The van der Waals surface area contributed by atoms with E-state index in [0.717, 1.165) is 11.3 Å². The van der Waals surface area contributed by atoms with Crippen LogP contribution in [0.2, 0.25) is 0 Å². The average molecular weight is 256 g/mol. The molecule has 0 spiro atoms. The van der Waals surface area contributed by atoms with E-state index < -0.39 is 0 Å². The number of ketones is 1. The molecule has 1 atom stereocenters. The molecular formula is C16H20N2O. The molecule has 1 aromatic heterocycles. The summed E-state index contributed by atoms with van der Waals surface area (Å²) in [5.74, 6) is 0.137. The molecule has 0 radical (unpaired) electrons. The minimum Gasteiger partial charge on any atom is -0.294 e. The zero-order valence-electron chi connectivity index (χ0n) is 11.7. The van der Waals surface area contributed by atoms with Gasteiger partial charge in [-0.15, -0.1) is 0 Å². The lowest BCUT2D eigenvalue weighted by Crippen LogP contribution is -2.14. The topological polar surface area (TPSA) is 34.9 Å². The molecule has 0 saturated heterocycles. The fourth-order valence-electron chi connectivity index (χ4n) is 2.07. The first-order valence-electron chi connectivity index (χ1n) is 6.71. The molecule has 100 valence electrons. The van der Waals surface area contributed by atoms with Crippen LogP contribution in [0.3, 0.4) is 0 Å². The predicted octanol–water partition coefficient (Wildman–Crippen LogP) is 3.53. The zero-order valence-corrected chi connectivity index (χ0v) is 11.7. The van der Waals surface area contributed by atoms with E-state index in [9.17, 15) is 4.79 Å². The van der Waals surface area contributed by atoms with E-state index >= 15 is 0 Å². The summed E-state index contributed by atoms with van der Waals surface area (Å²) in [6.07, 6.45) is 2.66. The van der Waals surface area contributed by atoms with Crippen molar-refractivity contribution in [2.24, 2.45) is 5.92 Å². The van der Waals surface area contributed by atoms with Crippen molar-refractivity contribution in [1.82, 2.24) is 9.78 Å². The SMILES string of the molecule is CC(Cc1ccn(C(C)C)n1)C(=O)c1ccccc1. The Hall–Kier alpha value is -1.90. The molecule has 0 N–H and O–H groups in total. The van der Waals surface area contributed by atoms with Crippen LogP contribution in [0.4, 0.5) is 0 Å². The van der Waals surface area contributed by atoms with Crippen LogP contribution in [0, 0.1) is 5.92 Å². The number of nitrogens with zero attached hydrogens (tertiary/aromatic N) is 2. The van der Waals surface area contributed by atoms with E-state index in [-0.39, 0.29) is 11.7 Å². The molecule has 3 nitrogen and oxygen atoms in total. The van der Waals surface area contributed by atoms with Gasteiger partial charge in [0.25, 0.3) is 0 Å². The maximum Gasteiger partial charge on any atom is 0.166 e. The smallest absolute Gasteiger partial charge is 0.166 e. The van der Waals surface area contributed by atoms with Crippen molar-refractivity contribution in [3.8, 4) is 0 Å². The Balaban J connectivity index is 2.04. The summed E-state index contributed by atoms with van der Waals surface area (Å²) in [6.45, 7) is 6.15. The number of carbonyl (C=O) groups excluding carboxylic acids is 1. The highest BCUT2D eigenvalue weighted by Gasteiger charge is 2.16. The van der Waals surface area contributed by atoms with Gasteiger partial charge in [-0.25, -0.2) is 0 Å². The molecule has 2 aromatic rings. The maximum absolute atomic E-state index is 12.3. The summed E-state index contributed by atoms with van der Waals surface area (Å²) in [5.41, 5.74) is 1.75. The number of benzene rings is 1. The Morgan fingerprint density at radius 2 is 1.84 bits per heavy atom. The predicted molar refractivity (Wildman–Crippen MR) is 76.3 cm³/mol. The summed E-state index contributed by atoms with van der Waals surface area (Å²) in [7, 11) is 0. The number of carbonyl (C=O) groups is 1. The lowest BCUT2D eigenvalue weighted by molar-refractivity contribution is 0.0928. The van der Waals surface area contributed by atoms with Crippen LogP contribution in [-0.2, 0) is 6.42 Å². The molecule has 0 amide bonds. The second-order valence-electron chi connectivity index (χ2n) is 5.22. The molecule has 19 heavy (non-hydrogen) atoms. The normalized spacial score (nSPS) is 12.6. The maximum atomic E-state index is 12.3. The number of hydrogen-bond acceptors (Lipinski definition) is 2. The van der Waals surface area contributed by atoms with Crippen molar-refractivity contribution in [1.29, 1.82) is 0 Å². The van der Waals surface area contributed by atoms with Gasteiger partial charge < -0.3 is 0 Å². The van der Waals surface area contributed by atoms with Gasteiger partial charge in [0.1, 0.15) is 0 Å². The first-order chi connectivity index (χ1) is 9.08. The monoisotopic (exact) mass is 256 g/mol. The molecule has 1 heterocycles. The minimum atomic E-state index is -0.0436. The van der Waals surface area contributed by atoms with Gasteiger partial charge in [-0.05, 0) is 19.9 Å². The molecular weight excluding hydrogens is 236 g/mol. The van der Waals surface area contributed by atoms with Crippen molar-refractivity contribution in [2.45, 2.75) is 33.2 Å². The lowest BCUT2D eigenvalue weighted by Gasteiger charge is -2.09. The first kappa shape index (κ1) is 13.5. The largest absolute Gasteiger partial charge is 0.294 e. The van der Waals surface area contributed by atoms with Crippen LogP contribution in [0.15, 0.2) is 42.6 Å². The Bertz CT molecular complexity index is 543. The van der Waals surface area contributed by atoms with Gasteiger partial charge in [-0.2, -0.15) is 5.10 Å². The van der Waals surface area contributed by atoms with Crippen molar-refractivity contribution in [3.63, 3.8) is 0 Å². The third kappa shape index (κ3) is 3.31. The number of rotatable bonds is 5. The molecule has 0 aliphatic rings. The summed E-state index contributed by atoms with van der Waals surface area (Å²) < 4.78 is 1.93. The van der Waals surface area contributed by atoms with Gasteiger partial charge in [-0.3, -0.25) is 9.48 Å². The van der Waals surface area contributed by atoms with E-state index in [1.54, 1.807) is 0 Å². The molecule has 0 fully saturated rings. The van der Waals surface area contributed by atoms with Gasteiger partial charge in [0.2, 0.25) is 0 Å². The molecule has 1 unspecified atom stereocenters. The van der Waals surface area contributed by atoms with Crippen LogP contribution in [0.1, 0.15) is 42.9 Å². The van der Waals surface area contributed by atoms with Crippen molar-refractivity contribution in [3.05, 3.63) is 53.9 Å². The number of aromatic nitrogens is 2. The van der Waals surface area contributed by atoms with E-state index in [4.69, 9.17) is 0 Å². The van der Waals surface area contributed by atoms with E-state index in [2.05, 4.69) is 18.9 Å². The fourth-order valence-corrected chi connectivity index (χ4v) is 2.07. The van der Waals surface area contributed by atoms with Gasteiger partial charge in [-0.1, -0.05) is 37.3 Å². The molecule has 0 aliphatic heterocycles. The highest BCUT2D eigenvalue weighted by atomic mass is 16.1. The second-order valence-corrected chi connectivity index (χ2v) is 5.22. The molecule has 2 rings (SSSR count). The van der Waals surface area contributed by atoms with Crippen LogP contribution in [-0.4, -0.2) is 15.6 Å². The van der Waals surface area contributed by atoms with Crippen molar-refractivity contribution >= 4 is 5.78 Å². The molecule has 3 heteroatoms.